The van der Waals surface area contributed by atoms with Crippen LogP contribution in [0.4, 0.5) is 0 Å². The van der Waals surface area contributed by atoms with Gasteiger partial charge in [0.05, 0.1) is 35.5 Å². The van der Waals surface area contributed by atoms with Gasteiger partial charge in [-0.05, 0) is 44.2 Å². The number of benzene rings is 3. The minimum absolute atomic E-state index is 0.212. The standard InChI is InChI=1S/C28H26N4O3/c1-18-24(27(33)31(29-18)20-12-6-4-7-13-20)26(22-16-10-11-17-23(22)35-3)25-19(2)30-32(28(25)34)21-14-8-5-9-15-21/h4-17,26,29-30H,1-3H3. The van der Waals surface area contributed by atoms with Gasteiger partial charge in [0, 0.05) is 17.0 Å². The Labute approximate surface area is 202 Å². The first-order valence-corrected chi connectivity index (χ1v) is 11.4. The predicted octanol–water partition coefficient (Wildman–Crippen LogP) is 4.45. The number of H-pyrrole nitrogens is 2. The molecule has 0 atom stereocenters. The van der Waals surface area contributed by atoms with E-state index in [0.29, 0.717) is 28.3 Å². The molecule has 2 N–H and O–H groups in total. The van der Waals surface area contributed by atoms with Crippen LogP contribution in [0.5, 0.6) is 5.75 Å². The van der Waals surface area contributed by atoms with Gasteiger partial charge in [-0.25, -0.2) is 9.36 Å². The molecule has 0 aliphatic heterocycles. The Morgan fingerprint density at radius 2 is 1.09 bits per heavy atom. The van der Waals surface area contributed by atoms with Crippen molar-refractivity contribution in [2.45, 2.75) is 19.8 Å². The summed E-state index contributed by atoms with van der Waals surface area (Å²) in [6.07, 6.45) is 0. The van der Waals surface area contributed by atoms with Crippen molar-refractivity contribution in [2.75, 3.05) is 7.11 Å². The number of aromatic amines is 2. The quantitative estimate of drug-likeness (QED) is 0.388. The lowest BCUT2D eigenvalue weighted by atomic mass is 9.84. The fraction of sp³-hybridized carbons (Fsp3) is 0.143. The highest BCUT2D eigenvalue weighted by molar-refractivity contribution is 5.51. The van der Waals surface area contributed by atoms with E-state index in [4.69, 9.17) is 4.74 Å². The third-order valence-corrected chi connectivity index (χ3v) is 6.29. The first-order chi connectivity index (χ1) is 17.0. The van der Waals surface area contributed by atoms with E-state index >= 15 is 0 Å². The molecule has 0 radical (unpaired) electrons. The first kappa shape index (κ1) is 22.3. The van der Waals surface area contributed by atoms with Crippen molar-refractivity contribution in [3.63, 3.8) is 0 Å². The summed E-state index contributed by atoms with van der Waals surface area (Å²) < 4.78 is 8.71. The Bertz CT molecular complexity index is 1490. The topological polar surface area (TPSA) is 84.8 Å². The third kappa shape index (κ3) is 3.81. The molecule has 5 rings (SSSR count). The summed E-state index contributed by atoms with van der Waals surface area (Å²) in [5.41, 5.74) is 4.12. The molecule has 2 aromatic heterocycles. The second-order valence-electron chi connectivity index (χ2n) is 8.43. The number of hydrogen-bond donors (Lipinski definition) is 2. The number of hydrogen-bond acceptors (Lipinski definition) is 3. The highest BCUT2D eigenvalue weighted by Crippen LogP contribution is 2.37. The fourth-order valence-electron chi connectivity index (χ4n) is 4.68. The van der Waals surface area contributed by atoms with Gasteiger partial charge in [-0.3, -0.25) is 19.8 Å². The number of aryl methyl sites for hydroxylation is 2. The van der Waals surface area contributed by atoms with E-state index in [1.807, 2.05) is 98.8 Å². The molecule has 2 heterocycles. The number of methoxy groups -OCH3 is 1. The van der Waals surface area contributed by atoms with Crippen molar-refractivity contribution in [2.24, 2.45) is 0 Å². The molecule has 7 heteroatoms. The van der Waals surface area contributed by atoms with E-state index in [9.17, 15) is 9.59 Å². The summed E-state index contributed by atoms with van der Waals surface area (Å²) in [5, 5.41) is 6.42. The largest absolute Gasteiger partial charge is 0.496 e. The van der Waals surface area contributed by atoms with Crippen LogP contribution in [0.25, 0.3) is 11.4 Å². The summed E-state index contributed by atoms with van der Waals surface area (Å²) in [5.74, 6) is -0.0383. The first-order valence-electron chi connectivity index (χ1n) is 11.4. The highest BCUT2D eigenvalue weighted by atomic mass is 16.5. The van der Waals surface area contributed by atoms with Gasteiger partial charge in [-0.15, -0.1) is 0 Å². The van der Waals surface area contributed by atoms with Gasteiger partial charge >= 0.3 is 0 Å². The van der Waals surface area contributed by atoms with E-state index in [2.05, 4.69) is 10.2 Å². The fourth-order valence-corrected chi connectivity index (χ4v) is 4.68. The van der Waals surface area contributed by atoms with Gasteiger partial charge < -0.3 is 4.74 Å². The SMILES string of the molecule is COc1ccccc1C(c1c(C)[nH]n(-c2ccccc2)c1=O)c1c(C)[nH]n(-c2ccccc2)c1=O. The average Bonchev–Trinajstić information content (AvgIpc) is 3.36. The number of rotatable bonds is 6. The number of nitrogens with one attached hydrogen (secondary N) is 2. The normalized spacial score (nSPS) is 11.2. The molecule has 0 aliphatic rings. The van der Waals surface area contributed by atoms with Gasteiger partial charge in [-0.2, -0.15) is 0 Å². The molecule has 0 bridgehead atoms. The zero-order valence-electron chi connectivity index (χ0n) is 19.8. The van der Waals surface area contributed by atoms with Crippen LogP contribution in [-0.2, 0) is 0 Å². The van der Waals surface area contributed by atoms with E-state index in [1.165, 1.54) is 9.36 Å². The Hall–Kier alpha value is -4.52. The van der Waals surface area contributed by atoms with Crippen LogP contribution in [0.1, 0.15) is 34.0 Å². The van der Waals surface area contributed by atoms with Crippen molar-refractivity contribution in [3.05, 3.63) is 134 Å². The Balaban J connectivity index is 1.80. The number of aromatic nitrogens is 4. The second-order valence-corrected chi connectivity index (χ2v) is 8.43. The summed E-state index contributed by atoms with van der Waals surface area (Å²) in [4.78, 5) is 27.7. The lowest BCUT2D eigenvalue weighted by Crippen LogP contribution is -2.25. The van der Waals surface area contributed by atoms with E-state index < -0.39 is 5.92 Å². The minimum Gasteiger partial charge on any atom is -0.496 e. The zero-order valence-corrected chi connectivity index (χ0v) is 19.8. The average molecular weight is 467 g/mol. The molecule has 176 valence electrons. The third-order valence-electron chi connectivity index (χ3n) is 6.29. The lowest BCUT2D eigenvalue weighted by Gasteiger charge is -2.18. The monoisotopic (exact) mass is 466 g/mol. The van der Waals surface area contributed by atoms with Crippen LogP contribution in [0, 0.1) is 13.8 Å². The van der Waals surface area contributed by atoms with Gasteiger partial charge in [-0.1, -0.05) is 54.6 Å². The van der Waals surface area contributed by atoms with Gasteiger partial charge in [0.25, 0.3) is 11.1 Å². The van der Waals surface area contributed by atoms with Gasteiger partial charge in [0.2, 0.25) is 0 Å². The lowest BCUT2D eigenvalue weighted by molar-refractivity contribution is 0.409. The van der Waals surface area contributed by atoms with E-state index in [1.54, 1.807) is 7.11 Å². The molecule has 0 unspecified atom stereocenters. The molecule has 7 nitrogen and oxygen atoms in total. The van der Waals surface area contributed by atoms with Crippen LogP contribution in [-0.4, -0.2) is 26.7 Å². The number of para-hydroxylation sites is 3. The van der Waals surface area contributed by atoms with E-state index in [0.717, 1.165) is 16.9 Å². The molecule has 0 saturated carbocycles. The highest BCUT2D eigenvalue weighted by Gasteiger charge is 2.32. The minimum atomic E-state index is -0.645. The number of ether oxygens (including phenoxy) is 1. The molecule has 0 fully saturated rings. The smallest absolute Gasteiger partial charge is 0.275 e. The molecule has 35 heavy (non-hydrogen) atoms. The predicted molar refractivity (Wildman–Crippen MR) is 136 cm³/mol. The maximum absolute atomic E-state index is 13.8. The Kier molecular flexibility index (Phi) is 5.74. The van der Waals surface area contributed by atoms with Crippen molar-refractivity contribution in [3.8, 4) is 17.1 Å². The van der Waals surface area contributed by atoms with Gasteiger partial charge in [0.15, 0.2) is 0 Å². The maximum atomic E-state index is 13.8. The van der Waals surface area contributed by atoms with Crippen molar-refractivity contribution in [1.29, 1.82) is 0 Å². The molecule has 0 aliphatic carbocycles. The molecular formula is C28H26N4O3. The molecule has 3 aromatic carbocycles. The zero-order chi connectivity index (χ0) is 24.5. The molecule has 0 spiro atoms. The summed E-state index contributed by atoms with van der Waals surface area (Å²) >= 11 is 0. The summed E-state index contributed by atoms with van der Waals surface area (Å²) in [6.45, 7) is 3.71. The summed E-state index contributed by atoms with van der Waals surface area (Å²) in [6, 6.07) is 26.3. The summed E-state index contributed by atoms with van der Waals surface area (Å²) in [7, 11) is 1.59. The van der Waals surface area contributed by atoms with Crippen LogP contribution in [0.3, 0.4) is 0 Å². The van der Waals surface area contributed by atoms with Crippen LogP contribution >= 0.6 is 0 Å². The van der Waals surface area contributed by atoms with Crippen molar-refractivity contribution in [1.82, 2.24) is 19.6 Å². The second kappa shape index (κ2) is 9.02. The van der Waals surface area contributed by atoms with Crippen molar-refractivity contribution < 1.29 is 4.74 Å². The van der Waals surface area contributed by atoms with Crippen LogP contribution in [0.2, 0.25) is 0 Å². The number of nitrogens with zero attached hydrogens (tertiary/aromatic N) is 2. The maximum Gasteiger partial charge on any atom is 0.275 e. The van der Waals surface area contributed by atoms with E-state index in [-0.39, 0.29) is 11.1 Å². The molecular weight excluding hydrogens is 440 g/mol. The molecule has 0 amide bonds. The van der Waals surface area contributed by atoms with Gasteiger partial charge in [0.1, 0.15) is 5.75 Å². The Morgan fingerprint density at radius 1 is 0.657 bits per heavy atom. The Morgan fingerprint density at radius 3 is 1.54 bits per heavy atom. The van der Waals surface area contributed by atoms with Crippen LogP contribution in [0.15, 0.2) is 94.5 Å². The van der Waals surface area contributed by atoms with Crippen LogP contribution < -0.4 is 15.9 Å². The van der Waals surface area contributed by atoms with Crippen molar-refractivity contribution >= 4 is 0 Å². The molecule has 5 aromatic rings. The molecule has 0 saturated heterocycles.